The molecule has 0 aromatic carbocycles. The van der Waals surface area contributed by atoms with Gasteiger partial charge in [-0.1, -0.05) is 0 Å². The molecule has 98 valence electrons. The lowest BCUT2D eigenvalue weighted by Crippen LogP contribution is -2.54. The van der Waals surface area contributed by atoms with Crippen molar-refractivity contribution < 1.29 is 14.6 Å². The van der Waals surface area contributed by atoms with Crippen LogP contribution < -0.4 is 0 Å². The first-order valence-electron chi connectivity index (χ1n) is 6.31. The van der Waals surface area contributed by atoms with E-state index >= 15 is 0 Å². The number of rotatable bonds is 1. The molecule has 2 aliphatic rings. The summed E-state index contributed by atoms with van der Waals surface area (Å²) in [5, 5.41) is 10.3. The molecular formula is C13H23NO3. The van der Waals surface area contributed by atoms with E-state index in [1.807, 2.05) is 20.8 Å². The van der Waals surface area contributed by atoms with Gasteiger partial charge in [-0.15, -0.1) is 0 Å². The van der Waals surface area contributed by atoms with E-state index in [4.69, 9.17) is 4.74 Å². The summed E-state index contributed by atoms with van der Waals surface area (Å²) < 4.78 is 5.41. The first-order valence-corrected chi connectivity index (χ1v) is 6.31. The van der Waals surface area contributed by atoms with E-state index in [0.29, 0.717) is 12.5 Å². The fourth-order valence-corrected chi connectivity index (χ4v) is 3.12. The zero-order valence-electron chi connectivity index (χ0n) is 11.4. The molecule has 4 heteroatoms. The Hall–Kier alpha value is -0.770. The molecule has 2 unspecified atom stereocenters. The van der Waals surface area contributed by atoms with Crippen LogP contribution in [0.2, 0.25) is 0 Å². The minimum atomic E-state index is -0.856. The molecule has 0 bridgehead atoms. The van der Waals surface area contributed by atoms with Gasteiger partial charge in [-0.25, -0.2) is 4.79 Å². The minimum absolute atomic E-state index is 0.292. The normalized spacial score (nSPS) is 32.4. The monoisotopic (exact) mass is 241 g/mol. The summed E-state index contributed by atoms with van der Waals surface area (Å²) in [6, 6.07) is 0. The Morgan fingerprint density at radius 2 is 1.94 bits per heavy atom. The van der Waals surface area contributed by atoms with Crippen LogP contribution in [0.25, 0.3) is 0 Å². The number of carbonyl (C=O) groups is 1. The van der Waals surface area contributed by atoms with Gasteiger partial charge in [0.15, 0.2) is 0 Å². The smallest absolute Gasteiger partial charge is 0.410 e. The molecule has 1 N–H and O–H groups in total. The molecule has 1 aliphatic heterocycles. The summed E-state index contributed by atoms with van der Waals surface area (Å²) in [6.45, 7) is 9.86. The van der Waals surface area contributed by atoms with Crippen molar-refractivity contribution >= 4 is 6.09 Å². The Bertz CT molecular complexity index is 340. The summed E-state index contributed by atoms with van der Waals surface area (Å²) in [4.78, 5) is 13.9. The van der Waals surface area contributed by atoms with Crippen molar-refractivity contribution in [2.24, 2.45) is 5.92 Å². The van der Waals surface area contributed by atoms with Gasteiger partial charge in [-0.05, 0) is 53.4 Å². The molecule has 0 radical (unpaired) electrons. The average molecular weight is 241 g/mol. The number of likely N-dealkylation sites (tertiary alicyclic amines) is 1. The van der Waals surface area contributed by atoms with Gasteiger partial charge >= 0.3 is 6.09 Å². The Balaban J connectivity index is 2.15. The molecule has 2 rings (SSSR count). The van der Waals surface area contributed by atoms with Crippen LogP contribution in [0, 0.1) is 5.92 Å². The standard InChI is InChI=1S/C13H23NO3/c1-11(2,3)17-10(15)14-7-6-9-8-13(9,14)12(4,5)16/h9,16H,6-8H2,1-5H3. The number of piperidine rings is 1. The molecule has 0 aromatic heterocycles. The van der Waals surface area contributed by atoms with Crippen molar-refractivity contribution in [3.05, 3.63) is 0 Å². The van der Waals surface area contributed by atoms with Crippen LogP contribution in [-0.2, 0) is 4.74 Å². The lowest BCUT2D eigenvalue weighted by Gasteiger charge is -2.38. The molecule has 1 heterocycles. The van der Waals surface area contributed by atoms with Gasteiger partial charge in [0.2, 0.25) is 0 Å². The van der Waals surface area contributed by atoms with E-state index in [0.717, 1.165) is 12.8 Å². The predicted octanol–water partition coefficient (Wildman–Crippen LogP) is 2.16. The number of hydrogen-bond donors (Lipinski definition) is 1. The van der Waals surface area contributed by atoms with Crippen LogP contribution in [-0.4, -0.2) is 39.4 Å². The average Bonchev–Trinajstić information content (AvgIpc) is 2.69. The highest BCUT2D eigenvalue weighted by molar-refractivity contribution is 5.71. The van der Waals surface area contributed by atoms with Gasteiger partial charge < -0.3 is 9.84 Å². The fraction of sp³-hybridized carbons (Fsp3) is 0.923. The molecule has 1 amide bonds. The highest BCUT2D eigenvalue weighted by atomic mass is 16.6. The molecular weight excluding hydrogens is 218 g/mol. The third kappa shape index (κ3) is 1.92. The molecule has 1 saturated carbocycles. The van der Waals surface area contributed by atoms with E-state index < -0.39 is 11.2 Å². The summed E-state index contributed by atoms with van der Waals surface area (Å²) in [5.41, 5.74) is -1.72. The lowest BCUT2D eigenvalue weighted by molar-refractivity contribution is -0.0419. The van der Waals surface area contributed by atoms with Crippen LogP contribution in [0.4, 0.5) is 4.79 Å². The number of amides is 1. The first kappa shape index (κ1) is 12.7. The zero-order chi connectivity index (χ0) is 13.1. The molecule has 0 aromatic rings. The van der Waals surface area contributed by atoms with Gasteiger partial charge in [-0.3, -0.25) is 4.90 Å². The summed E-state index contributed by atoms with van der Waals surface area (Å²) in [7, 11) is 0. The molecule has 4 nitrogen and oxygen atoms in total. The van der Waals surface area contributed by atoms with Crippen LogP contribution >= 0.6 is 0 Å². The van der Waals surface area contributed by atoms with E-state index in [-0.39, 0.29) is 11.6 Å². The maximum atomic E-state index is 12.1. The quantitative estimate of drug-likeness (QED) is 0.765. The summed E-state index contributed by atoms with van der Waals surface area (Å²) >= 11 is 0. The predicted molar refractivity (Wildman–Crippen MR) is 64.7 cm³/mol. The Kier molecular flexibility index (Phi) is 2.52. The molecule has 1 saturated heterocycles. The summed E-state index contributed by atoms with van der Waals surface area (Å²) in [6.07, 6.45) is 1.58. The van der Waals surface area contributed by atoms with E-state index in [1.54, 1.807) is 18.7 Å². The maximum absolute atomic E-state index is 12.1. The second-order valence-electron chi connectivity index (χ2n) is 6.80. The van der Waals surface area contributed by atoms with Crippen LogP contribution in [0.5, 0.6) is 0 Å². The number of fused-ring (bicyclic) bond motifs is 1. The van der Waals surface area contributed by atoms with Gasteiger partial charge in [-0.2, -0.15) is 0 Å². The lowest BCUT2D eigenvalue weighted by atomic mass is 9.94. The van der Waals surface area contributed by atoms with Crippen molar-refractivity contribution in [3.63, 3.8) is 0 Å². The zero-order valence-corrected chi connectivity index (χ0v) is 11.4. The maximum Gasteiger partial charge on any atom is 0.410 e. The first-order chi connectivity index (χ1) is 7.58. The fourth-order valence-electron chi connectivity index (χ4n) is 3.12. The Morgan fingerprint density at radius 3 is 2.35 bits per heavy atom. The number of nitrogens with zero attached hydrogens (tertiary/aromatic N) is 1. The third-order valence-corrected chi connectivity index (χ3v) is 3.93. The molecule has 17 heavy (non-hydrogen) atoms. The number of carbonyl (C=O) groups excluding carboxylic acids is 1. The third-order valence-electron chi connectivity index (χ3n) is 3.93. The molecule has 2 atom stereocenters. The van der Waals surface area contributed by atoms with Gasteiger partial charge in [0, 0.05) is 6.54 Å². The minimum Gasteiger partial charge on any atom is -0.444 e. The van der Waals surface area contributed by atoms with Crippen molar-refractivity contribution in [2.75, 3.05) is 6.54 Å². The van der Waals surface area contributed by atoms with Gasteiger partial charge in [0.25, 0.3) is 0 Å². The molecule has 0 spiro atoms. The number of ether oxygens (including phenoxy) is 1. The largest absolute Gasteiger partial charge is 0.444 e. The van der Waals surface area contributed by atoms with Crippen molar-refractivity contribution in [1.29, 1.82) is 0 Å². The second-order valence-corrected chi connectivity index (χ2v) is 6.80. The molecule has 1 aliphatic carbocycles. The second kappa shape index (κ2) is 3.37. The Morgan fingerprint density at radius 1 is 1.35 bits per heavy atom. The highest BCUT2D eigenvalue weighted by Gasteiger charge is 2.70. The van der Waals surface area contributed by atoms with Crippen LogP contribution in [0.1, 0.15) is 47.5 Å². The highest BCUT2D eigenvalue weighted by Crippen LogP contribution is 2.61. The van der Waals surface area contributed by atoms with Crippen molar-refractivity contribution in [2.45, 2.75) is 64.2 Å². The van der Waals surface area contributed by atoms with E-state index in [1.165, 1.54) is 0 Å². The van der Waals surface area contributed by atoms with Crippen LogP contribution in [0.15, 0.2) is 0 Å². The Labute approximate surface area is 103 Å². The van der Waals surface area contributed by atoms with E-state index in [9.17, 15) is 9.90 Å². The van der Waals surface area contributed by atoms with E-state index in [2.05, 4.69) is 0 Å². The number of aliphatic hydroxyl groups is 1. The van der Waals surface area contributed by atoms with Gasteiger partial charge in [0.05, 0.1) is 11.1 Å². The topological polar surface area (TPSA) is 49.8 Å². The molecule has 2 fully saturated rings. The SMILES string of the molecule is CC(C)(C)OC(=O)N1CCC2CC21C(C)(C)O. The van der Waals surface area contributed by atoms with Crippen molar-refractivity contribution in [3.8, 4) is 0 Å². The summed E-state index contributed by atoms with van der Waals surface area (Å²) in [5.74, 6) is 0.440. The number of hydrogen-bond acceptors (Lipinski definition) is 3. The van der Waals surface area contributed by atoms with Crippen LogP contribution in [0.3, 0.4) is 0 Å². The van der Waals surface area contributed by atoms with Gasteiger partial charge in [0.1, 0.15) is 5.60 Å². The van der Waals surface area contributed by atoms with Crippen molar-refractivity contribution in [1.82, 2.24) is 4.90 Å².